The minimum absolute atomic E-state index is 0.252. The molecule has 4 amide bonds. The molecule has 4 aliphatic rings. The molecular formula is C42H49F3N8O4. The molecule has 5 heterocycles. The van der Waals surface area contributed by atoms with Gasteiger partial charge in [0.2, 0.25) is 5.91 Å². The van der Waals surface area contributed by atoms with Crippen molar-refractivity contribution in [2.45, 2.75) is 101 Å². The van der Waals surface area contributed by atoms with Crippen LogP contribution in [0.5, 0.6) is 0 Å². The van der Waals surface area contributed by atoms with Gasteiger partial charge in [0.15, 0.2) is 0 Å². The van der Waals surface area contributed by atoms with Crippen molar-refractivity contribution in [3.05, 3.63) is 83.2 Å². The number of nitrogens with one attached hydrogen (secondary N) is 2. The number of alkyl halides is 3. The molecule has 2 atom stereocenters. The van der Waals surface area contributed by atoms with Crippen LogP contribution in [0.1, 0.15) is 104 Å². The number of carbonyl (C=O) groups is 3. The van der Waals surface area contributed by atoms with Crippen LogP contribution in [0.15, 0.2) is 55.0 Å². The molecule has 0 bridgehead atoms. The van der Waals surface area contributed by atoms with Crippen LogP contribution in [-0.4, -0.2) is 85.4 Å². The second-order valence-electron chi connectivity index (χ2n) is 16.8. The molecule has 3 N–H and O–H groups in total. The van der Waals surface area contributed by atoms with Crippen molar-refractivity contribution in [1.82, 2.24) is 35.3 Å². The largest absolute Gasteiger partial charge is 0.433 e. The Morgan fingerprint density at radius 1 is 0.947 bits per heavy atom. The normalized spacial score (nSPS) is 24.0. The fraction of sp³-hybridized carbons (Fsp3) is 0.524. The van der Waals surface area contributed by atoms with E-state index in [1.165, 1.54) is 17.7 Å². The van der Waals surface area contributed by atoms with Gasteiger partial charge in [-0.15, -0.1) is 0 Å². The number of urea groups is 1. The van der Waals surface area contributed by atoms with E-state index in [9.17, 15) is 32.7 Å². The topological polar surface area (TPSA) is 146 Å². The third kappa shape index (κ3) is 8.27. The molecule has 2 saturated heterocycles. The summed E-state index contributed by atoms with van der Waals surface area (Å²) in [4.78, 5) is 49.8. The number of aliphatic hydroxyl groups is 1. The first-order valence-electron chi connectivity index (χ1n) is 20.1. The highest BCUT2D eigenvalue weighted by Crippen LogP contribution is 2.39. The van der Waals surface area contributed by atoms with Crippen LogP contribution in [0.4, 0.5) is 23.7 Å². The molecule has 15 heteroatoms. The number of aromatic nitrogens is 4. The lowest BCUT2D eigenvalue weighted by Gasteiger charge is -2.39. The number of halogens is 3. The highest BCUT2D eigenvalue weighted by atomic mass is 19.4. The summed E-state index contributed by atoms with van der Waals surface area (Å²) in [5, 5.41) is 23.4. The summed E-state index contributed by atoms with van der Waals surface area (Å²) in [5.41, 5.74) is 1.25. The number of amides is 4. The molecule has 2 aliphatic heterocycles. The first-order chi connectivity index (χ1) is 27.2. The number of nitrogens with zero attached hydrogens (tertiary/aromatic N) is 6. The van der Waals surface area contributed by atoms with Gasteiger partial charge >= 0.3 is 12.2 Å². The first kappa shape index (κ1) is 39.0. The monoisotopic (exact) mass is 786 g/mol. The molecule has 1 saturated carbocycles. The number of hydrogen-bond donors (Lipinski definition) is 3. The maximum Gasteiger partial charge on any atom is 0.433 e. The maximum absolute atomic E-state index is 13.3. The van der Waals surface area contributed by atoms with Gasteiger partial charge in [-0.2, -0.15) is 18.3 Å². The van der Waals surface area contributed by atoms with Crippen molar-refractivity contribution in [2.75, 3.05) is 31.1 Å². The van der Waals surface area contributed by atoms with Gasteiger partial charge < -0.3 is 15.3 Å². The third-order valence-electron chi connectivity index (χ3n) is 12.6. The molecule has 2 aliphatic carbocycles. The molecule has 12 nitrogen and oxygen atoms in total. The Hall–Kier alpha value is -4.89. The summed E-state index contributed by atoms with van der Waals surface area (Å²) in [7, 11) is 0. The third-order valence-corrected chi connectivity index (χ3v) is 12.6. The smallest absolute Gasteiger partial charge is 0.390 e. The fourth-order valence-electron chi connectivity index (χ4n) is 9.53. The minimum Gasteiger partial charge on any atom is -0.390 e. The van der Waals surface area contributed by atoms with Gasteiger partial charge in [0, 0.05) is 54.6 Å². The molecular weight excluding hydrogens is 738 g/mol. The summed E-state index contributed by atoms with van der Waals surface area (Å²) >= 11 is 0. The molecule has 3 fully saturated rings. The quantitative estimate of drug-likeness (QED) is 0.192. The molecule has 0 spiro atoms. The van der Waals surface area contributed by atoms with Crippen LogP contribution in [-0.2, 0) is 23.8 Å². The zero-order valence-corrected chi connectivity index (χ0v) is 32.3. The van der Waals surface area contributed by atoms with Crippen molar-refractivity contribution in [3.8, 4) is 0 Å². The zero-order chi connectivity index (χ0) is 40.1. The average molecular weight is 787 g/mol. The van der Waals surface area contributed by atoms with Gasteiger partial charge in [0.05, 0.1) is 29.2 Å². The minimum atomic E-state index is -4.66. The van der Waals surface area contributed by atoms with Crippen molar-refractivity contribution < 1.29 is 32.7 Å². The maximum atomic E-state index is 13.3. The molecule has 302 valence electrons. The number of piperidine rings is 1. The Labute approximate surface area is 329 Å². The molecule has 57 heavy (non-hydrogen) atoms. The highest BCUT2D eigenvalue weighted by Gasteiger charge is 2.41. The standard InChI is InChI=1S/C42H49F3N8O4/c1-41(2,57)32-20-34-27(19-35(32)48-39(55)33-7-4-8-37(47-33)42(43,44)45)24-53(50-34)28-11-9-25(10-12-28)23-51-16-13-26(14-17-51)29-5-3-6-30-31(29)21-46-22-36(30)52-18-15-38(54)49-40(52)56/h3-8,21-22,24-26,28,32,35,57H,9-20,23H2,1-2H3,(H,48,55)(H,49,54,56). The van der Waals surface area contributed by atoms with Crippen molar-refractivity contribution in [1.29, 1.82) is 0 Å². The summed E-state index contributed by atoms with van der Waals surface area (Å²) in [5.74, 6) is -0.373. The van der Waals surface area contributed by atoms with E-state index >= 15 is 0 Å². The van der Waals surface area contributed by atoms with E-state index in [2.05, 4.69) is 48.5 Å². The zero-order valence-electron chi connectivity index (χ0n) is 32.3. The van der Waals surface area contributed by atoms with Crippen LogP contribution >= 0.6 is 0 Å². The summed E-state index contributed by atoms with van der Waals surface area (Å²) in [6.45, 7) is 6.80. The average Bonchev–Trinajstić information content (AvgIpc) is 3.60. The number of fused-ring (bicyclic) bond motifs is 2. The second-order valence-corrected chi connectivity index (χ2v) is 16.8. The molecule has 2 unspecified atom stereocenters. The van der Waals surface area contributed by atoms with Gasteiger partial charge in [-0.1, -0.05) is 24.3 Å². The van der Waals surface area contributed by atoms with Gasteiger partial charge in [-0.25, -0.2) is 9.78 Å². The fourth-order valence-corrected chi connectivity index (χ4v) is 9.53. The molecule has 4 aromatic rings. The van der Waals surface area contributed by atoms with E-state index in [0.717, 1.165) is 91.9 Å². The predicted molar refractivity (Wildman–Crippen MR) is 207 cm³/mol. The lowest BCUT2D eigenvalue weighted by Crippen LogP contribution is -2.52. The van der Waals surface area contributed by atoms with E-state index in [0.29, 0.717) is 31.2 Å². The van der Waals surface area contributed by atoms with Crippen molar-refractivity contribution in [2.24, 2.45) is 11.8 Å². The molecule has 8 rings (SSSR count). The van der Waals surface area contributed by atoms with E-state index in [1.54, 1.807) is 24.9 Å². The number of imide groups is 1. The van der Waals surface area contributed by atoms with E-state index in [-0.39, 0.29) is 24.1 Å². The highest BCUT2D eigenvalue weighted by molar-refractivity contribution is 6.10. The Morgan fingerprint density at radius 3 is 2.42 bits per heavy atom. The van der Waals surface area contributed by atoms with Crippen LogP contribution in [0.3, 0.4) is 0 Å². The van der Waals surface area contributed by atoms with Crippen LogP contribution < -0.4 is 15.5 Å². The number of carbonyl (C=O) groups excluding carboxylic acids is 3. The Kier molecular flexibility index (Phi) is 10.6. The number of pyridine rings is 2. The summed E-state index contributed by atoms with van der Waals surface area (Å²) < 4.78 is 41.9. The van der Waals surface area contributed by atoms with Gasteiger partial charge in [0.25, 0.3) is 5.91 Å². The van der Waals surface area contributed by atoms with Crippen molar-refractivity contribution >= 4 is 34.3 Å². The van der Waals surface area contributed by atoms with Gasteiger partial charge in [-0.3, -0.25) is 29.5 Å². The van der Waals surface area contributed by atoms with Crippen LogP contribution in [0.2, 0.25) is 0 Å². The Balaban J connectivity index is 0.858. The van der Waals surface area contributed by atoms with E-state index < -0.39 is 41.4 Å². The molecule has 0 radical (unpaired) electrons. The number of anilines is 1. The lowest BCUT2D eigenvalue weighted by atomic mass is 9.74. The number of benzene rings is 1. The van der Waals surface area contributed by atoms with Crippen LogP contribution in [0.25, 0.3) is 10.8 Å². The SMILES string of the molecule is CC(C)(O)C1Cc2nn(C3CCC(CN4CCC(c5cccc6c(N7CCC(=O)NC7=O)cncc56)CC4)CC3)cc2CC1NC(=O)c1cccc(C(F)(F)F)n1. The second kappa shape index (κ2) is 15.5. The summed E-state index contributed by atoms with van der Waals surface area (Å²) in [6.07, 6.45) is 8.39. The Morgan fingerprint density at radius 2 is 1.70 bits per heavy atom. The molecule has 1 aromatic carbocycles. The first-order valence-corrected chi connectivity index (χ1v) is 20.1. The predicted octanol–water partition coefficient (Wildman–Crippen LogP) is 6.19. The van der Waals surface area contributed by atoms with Gasteiger partial charge in [-0.05, 0) is 113 Å². The van der Waals surface area contributed by atoms with Gasteiger partial charge in [0.1, 0.15) is 11.4 Å². The summed E-state index contributed by atoms with van der Waals surface area (Å²) in [6, 6.07) is 8.87. The van der Waals surface area contributed by atoms with E-state index in [4.69, 9.17) is 5.10 Å². The van der Waals surface area contributed by atoms with Crippen molar-refractivity contribution in [3.63, 3.8) is 0 Å². The van der Waals surface area contributed by atoms with E-state index in [1.807, 2.05) is 12.3 Å². The van der Waals surface area contributed by atoms with Crippen LogP contribution in [0, 0.1) is 11.8 Å². The number of hydrogen-bond acceptors (Lipinski definition) is 8. The number of likely N-dealkylation sites (tertiary alicyclic amines) is 1. The number of rotatable bonds is 8. The Bertz CT molecular complexity index is 2150. The molecule has 3 aromatic heterocycles. The lowest BCUT2D eigenvalue weighted by molar-refractivity contribution is -0.141.